The van der Waals surface area contributed by atoms with Crippen molar-refractivity contribution < 1.29 is 0 Å². The topological polar surface area (TPSA) is 0 Å². The predicted molar refractivity (Wildman–Crippen MR) is 105 cm³/mol. The second-order valence-corrected chi connectivity index (χ2v) is 8.35. The molecule has 4 rings (SSSR count). The number of thiophene rings is 1. The third-order valence-electron chi connectivity index (χ3n) is 3.85. The quantitative estimate of drug-likeness (QED) is 0.370. The van der Waals surface area contributed by atoms with Gasteiger partial charge < -0.3 is 0 Å². The molecule has 116 valence electrons. The molecule has 24 heavy (non-hydrogen) atoms. The van der Waals surface area contributed by atoms with Gasteiger partial charge in [-0.15, -0.1) is 11.3 Å². The van der Waals surface area contributed by atoms with Gasteiger partial charge in [0, 0.05) is 10.4 Å². The van der Waals surface area contributed by atoms with Crippen LogP contribution < -0.4 is 0 Å². The van der Waals surface area contributed by atoms with Gasteiger partial charge in [-0.25, -0.2) is 0 Å². The van der Waals surface area contributed by atoms with E-state index >= 15 is 0 Å². The maximum Gasteiger partial charge on any atom is 0.175 e. The van der Waals surface area contributed by atoms with Crippen molar-refractivity contribution in [2.24, 2.45) is 0 Å². The summed E-state index contributed by atoms with van der Waals surface area (Å²) >= 11 is 1.80. The van der Waals surface area contributed by atoms with E-state index in [1.54, 1.807) is 11.3 Å². The Morgan fingerprint density at radius 2 is 1.12 bits per heavy atom. The zero-order chi connectivity index (χ0) is 16.2. The molecule has 1 aromatic heterocycles. The molecule has 1 heterocycles. The highest BCUT2D eigenvalue weighted by Crippen LogP contribution is 2.38. The molecule has 0 N–H and O–H groups in total. The van der Waals surface area contributed by atoms with Gasteiger partial charge in [0.15, 0.2) is 14.7 Å². The first-order chi connectivity index (χ1) is 11.9. The predicted octanol–water partition coefficient (Wildman–Crippen LogP) is 6.51. The maximum atomic E-state index is 2.28. The Morgan fingerprint density at radius 3 is 1.71 bits per heavy atom. The third kappa shape index (κ3) is 3.03. The van der Waals surface area contributed by atoms with Crippen LogP contribution in [-0.4, -0.2) is 0 Å². The summed E-state index contributed by atoms with van der Waals surface area (Å²) in [5.41, 5.74) is 1.34. The van der Waals surface area contributed by atoms with Crippen molar-refractivity contribution in [3.05, 3.63) is 102 Å². The molecule has 0 atom stereocenters. The van der Waals surface area contributed by atoms with Crippen LogP contribution in [0.5, 0.6) is 0 Å². The molecule has 0 aliphatic heterocycles. The van der Waals surface area contributed by atoms with Gasteiger partial charge in [-0.3, -0.25) is 0 Å². The van der Waals surface area contributed by atoms with Gasteiger partial charge in [-0.05, 0) is 47.8 Å². The zero-order valence-electron chi connectivity index (χ0n) is 13.1. The number of rotatable bonds is 4. The highest BCUT2D eigenvalue weighted by atomic mass is 32.2. The molecule has 3 aromatic carbocycles. The summed E-state index contributed by atoms with van der Waals surface area (Å²) in [5, 5.41) is 2.15. The first-order valence-electron chi connectivity index (χ1n) is 7.91. The molecule has 4 aromatic rings. The summed E-state index contributed by atoms with van der Waals surface area (Å²) in [4.78, 5) is 5.42. The van der Waals surface area contributed by atoms with Crippen molar-refractivity contribution in [2.75, 3.05) is 0 Å². The van der Waals surface area contributed by atoms with Crippen molar-refractivity contribution in [3.8, 4) is 10.4 Å². The Hall–Kier alpha value is -2.29. The van der Waals surface area contributed by atoms with Crippen LogP contribution in [0.2, 0.25) is 0 Å². The van der Waals surface area contributed by atoms with Crippen molar-refractivity contribution >= 4 is 22.2 Å². The molecule has 2 heteroatoms. The summed E-state index contributed by atoms with van der Waals surface area (Å²) in [6.07, 6.45) is 0. The molecule has 0 saturated carbocycles. The second kappa shape index (κ2) is 7.08. The van der Waals surface area contributed by atoms with E-state index in [1.165, 1.54) is 25.1 Å². The number of hydrogen-bond donors (Lipinski definition) is 0. The lowest BCUT2D eigenvalue weighted by Crippen LogP contribution is -2.06. The van der Waals surface area contributed by atoms with Gasteiger partial charge in [0.2, 0.25) is 0 Å². The van der Waals surface area contributed by atoms with Crippen LogP contribution in [-0.2, 0) is 10.9 Å². The van der Waals surface area contributed by atoms with Crippen molar-refractivity contribution in [1.29, 1.82) is 0 Å². The SMILES string of the molecule is c1ccc([S+](c2ccccc2)c2ccccc2-c2cccs2)cc1. The van der Waals surface area contributed by atoms with Gasteiger partial charge in [0.05, 0.1) is 10.9 Å². The maximum absolute atomic E-state index is 2.28. The Labute approximate surface area is 149 Å². The largest absolute Gasteiger partial charge is 0.175 e. The van der Waals surface area contributed by atoms with Crippen molar-refractivity contribution in [3.63, 3.8) is 0 Å². The molecule has 0 unspecified atom stereocenters. The van der Waals surface area contributed by atoms with Crippen LogP contribution >= 0.6 is 11.3 Å². The molecule has 0 bridgehead atoms. The van der Waals surface area contributed by atoms with Gasteiger partial charge in [0.1, 0.15) is 0 Å². The third-order valence-corrected chi connectivity index (χ3v) is 7.04. The monoisotopic (exact) mass is 345 g/mol. The molecular weight excluding hydrogens is 328 g/mol. The molecule has 0 radical (unpaired) electrons. The van der Waals surface area contributed by atoms with Crippen LogP contribution in [0.3, 0.4) is 0 Å². The minimum Gasteiger partial charge on any atom is -0.144 e. The standard InChI is InChI=1S/C22H17S2/c1-3-10-18(11-4-1)24(19-12-5-2-6-13-19)22-16-8-7-14-20(22)21-15-9-17-23-21/h1-17H/q+1. The number of hydrogen-bond acceptors (Lipinski definition) is 1. The summed E-state index contributed by atoms with van der Waals surface area (Å²) in [7, 11) is -0.104. The fourth-order valence-electron chi connectivity index (χ4n) is 2.78. The second-order valence-electron chi connectivity index (χ2n) is 5.41. The van der Waals surface area contributed by atoms with E-state index in [9.17, 15) is 0 Å². The van der Waals surface area contributed by atoms with E-state index in [2.05, 4.69) is 102 Å². The zero-order valence-corrected chi connectivity index (χ0v) is 14.8. The Morgan fingerprint density at radius 1 is 0.542 bits per heavy atom. The lowest BCUT2D eigenvalue weighted by molar-refractivity contribution is 1.32. The molecule has 0 aliphatic carbocycles. The van der Waals surface area contributed by atoms with E-state index < -0.39 is 0 Å². The molecule has 0 fully saturated rings. The molecule has 0 saturated heterocycles. The Balaban J connectivity index is 1.93. The first kappa shape index (κ1) is 15.3. The van der Waals surface area contributed by atoms with Crippen LogP contribution in [0.25, 0.3) is 10.4 Å². The van der Waals surface area contributed by atoms with Crippen LogP contribution in [0.4, 0.5) is 0 Å². The normalized spacial score (nSPS) is 10.9. The fraction of sp³-hybridized carbons (Fsp3) is 0. The van der Waals surface area contributed by atoms with Gasteiger partial charge in [0.25, 0.3) is 0 Å². The van der Waals surface area contributed by atoms with Crippen LogP contribution in [0.1, 0.15) is 0 Å². The van der Waals surface area contributed by atoms with Gasteiger partial charge in [-0.1, -0.05) is 54.6 Å². The fourth-order valence-corrected chi connectivity index (χ4v) is 5.86. The first-order valence-corrected chi connectivity index (χ1v) is 10.0. The molecular formula is C22H17S2+. The number of benzene rings is 3. The van der Waals surface area contributed by atoms with Crippen molar-refractivity contribution in [1.82, 2.24) is 0 Å². The Kier molecular flexibility index (Phi) is 4.50. The Bertz CT molecular complexity index is 858. The summed E-state index contributed by atoms with van der Waals surface area (Å²) in [6, 6.07) is 34.8. The minimum atomic E-state index is -0.104. The minimum absolute atomic E-state index is 0.104. The smallest absolute Gasteiger partial charge is 0.144 e. The summed E-state index contributed by atoms with van der Waals surface area (Å²) in [5.74, 6) is 0. The molecule has 0 spiro atoms. The van der Waals surface area contributed by atoms with E-state index in [4.69, 9.17) is 0 Å². The van der Waals surface area contributed by atoms with E-state index in [1.807, 2.05) is 0 Å². The molecule has 0 aliphatic rings. The summed E-state index contributed by atoms with van der Waals surface area (Å²) in [6.45, 7) is 0. The van der Waals surface area contributed by atoms with Gasteiger partial charge >= 0.3 is 0 Å². The van der Waals surface area contributed by atoms with Crippen molar-refractivity contribution in [2.45, 2.75) is 14.7 Å². The highest BCUT2D eigenvalue weighted by molar-refractivity contribution is 7.97. The lowest BCUT2D eigenvalue weighted by atomic mass is 10.2. The van der Waals surface area contributed by atoms with Crippen LogP contribution in [0, 0.1) is 0 Å². The lowest BCUT2D eigenvalue weighted by Gasteiger charge is -2.11. The van der Waals surface area contributed by atoms with Crippen LogP contribution in [0.15, 0.2) is 117 Å². The van der Waals surface area contributed by atoms with E-state index in [0.29, 0.717) is 0 Å². The average Bonchev–Trinajstić information content (AvgIpc) is 3.19. The van der Waals surface area contributed by atoms with E-state index in [-0.39, 0.29) is 10.9 Å². The van der Waals surface area contributed by atoms with E-state index in [0.717, 1.165) is 0 Å². The summed E-state index contributed by atoms with van der Waals surface area (Å²) < 4.78 is 0. The molecule has 0 nitrogen and oxygen atoms in total. The average molecular weight is 346 g/mol. The van der Waals surface area contributed by atoms with Gasteiger partial charge in [-0.2, -0.15) is 0 Å². The highest BCUT2D eigenvalue weighted by Gasteiger charge is 2.31. The molecule has 0 amide bonds.